The van der Waals surface area contributed by atoms with Crippen molar-refractivity contribution in [3.8, 4) is 5.75 Å². The third kappa shape index (κ3) is 3.84. The highest BCUT2D eigenvalue weighted by Gasteiger charge is 2.08. The maximum atomic E-state index is 12.0. The Kier molecular flexibility index (Phi) is 5.18. The van der Waals surface area contributed by atoms with Crippen LogP contribution in [0.5, 0.6) is 5.75 Å². The number of hydrogen-bond acceptors (Lipinski definition) is 2. The lowest BCUT2D eigenvalue weighted by Gasteiger charge is -2.08. The monoisotopic (exact) mass is 333 g/mol. The molecule has 0 spiro atoms. The molecule has 0 bridgehead atoms. The molecule has 104 valence electrons. The number of ether oxygens (including phenoxy) is 1. The number of benzene rings is 2. The van der Waals surface area contributed by atoms with Crippen LogP contribution in [0.25, 0.3) is 0 Å². The second-order valence-electron chi connectivity index (χ2n) is 4.34. The standard InChI is InChI=1S/C16H16BrNO2/c1-20-15-8-7-13(11-14(15)17)16(19)18-10-9-12-5-3-2-4-6-12/h2-8,11H,9-10H2,1H3,(H,18,19). The summed E-state index contributed by atoms with van der Waals surface area (Å²) in [5.41, 5.74) is 1.83. The molecule has 0 atom stereocenters. The van der Waals surface area contributed by atoms with Crippen molar-refractivity contribution in [3.63, 3.8) is 0 Å². The molecular weight excluding hydrogens is 318 g/mol. The number of methoxy groups -OCH3 is 1. The number of nitrogens with one attached hydrogen (secondary N) is 1. The smallest absolute Gasteiger partial charge is 0.251 e. The van der Waals surface area contributed by atoms with E-state index in [4.69, 9.17) is 4.74 Å². The third-order valence-corrected chi connectivity index (χ3v) is 3.58. The summed E-state index contributed by atoms with van der Waals surface area (Å²) in [7, 11) is 1.60. The Hall–Kier alpha value is -1.81. The van der Waals surface area contributed by atoms with Crippen LogP contribution in [-0.2, 0) is 6.42 Å². The summed E-state index contributed by atoms with van der Waals surface area (Å²) in [6, 6.07) is 15.4. The van der Waals surface area contributed by atoms with Crippen molar-refractivity contribution in [3.05, 3.63) is 64.1 Å². The summed E-state index contributed by atoms with van der Waals surface area (Å²) in [4.78, 5) is 12.0. The molecule has 0 radical (unpaired) electrons. The maximum absolute atomic E-state index is 12.0. The number of halogens is 1. The molecule has 0 aliphatic rings. The minimum absolute atomic E-state index is 0.0794. The molecule has 2 aromatic rings. The van der Waals surface area contributed by atoms with Crippen LogP contribution in [0.1, 0.15) is 15.9 Å². The van der Waals surface area contributed by atoms with E-state index in [1.165, 1.54) is 5.56 Å². The molecule has 3 nitrogen and oxygen atoms in total. The molecule has 20 heavy (non-hydrogen) atoms. The Labute approximate surface area is 127 Å². The topological polar surface area (TPSA) is 38.3 Å². The minimum Gasteiger partial charge on any atom is -0.496 e. The SMILES string of the molecule is COc1ccc(C(=O)NCCc2ccccc2)cc1Br. The van der Waals surface area contributed by atoms with Gasteiger partial charge in [0.15, 0.2) is 0 Å². The zero-order chi connectivity index (χ0) is 14.4. The Morgan fingerprint density at radius 2 is 1.95 bits per heavy atom. The van der Waals surface area contributed by atoms with Crippen molar-refractivity contribution in [2.24, 2.45) is 0 Å². The number of hydrogen-bond donors (Lipinski definition) is 1. The van der Waals surface area contributed by atoms with Gasteiger partial charge in [-0.05, 0) is 46.1 Å². The average Bonchev–Trinajstić information content (AvgIpc) is 2.48. The van der Waals surface area contributed by atoms with E-state index >= 15 is 0 Å². The van der Waals surface area contributed by atoms with Crippen LogP contribution in [0, 0.1) is 0 Å². The lowest BCUT2D eigenvalue weighted by atomic mass is 10.1. The van der Waals surface area contributed by atoms with Crippen molar-refractivity contribution >= 4 is 21.8 Å². The Morgan fingerprint density at radius 1 is 1.20 bits per heavy atom. The van der Waals surface area contributed by atoms with Gasteiger partial charge in [0.25, 0.3) is 5.91 Å². The molecule has 4 heteroatoms. The van der Waals surface area contributed by atoms with Gasteiger partial charge in [0.2, 0.25) is 0 Å². The molecule has 0 aliphatic heterocycles. The van der Waals surface area contributed by atoms with Gasteiger partial charge in [-0.25, -0.2) is 0 Å². The predicted molar refractivity (Wildman–Crippen MR) is 83.2 cm³/mol. The first-order valence-electron chi connectivity index (χ1n) is 6.36. The highest BCUT2D eigenvalue weighted by Crippen LogP contribution is 2.25. The fourth-order valence-corrected chi connectivity index (χ4v) is 2.42. The molecule has 1 N–H and O–H groups in total. The Balaban J connectivity index is 1.90. The van der Waals surface area contributed by atoms with E-state index in [0.717, 1.165) is 10.9 Å². The first-order valence-corrected chi connectivity index (χ1v) is 7.15. The van der Waals surface area contributed by atoms with E-state index in [-0.39, 0.29) is 5.91 Å². The lowest BCUT2D eigenvalue weighted by molar-refractivity contribution is 0.0954. The van der Waals surface area contributed by atoms with Crippen LogP contribution in [-0.4, -0.2) is 19.6 Å². The molecule has 0 saturated heterocycles. The summed E-state index contributed by atoms with van der Waals surface area (Å²) < 4.78 is 5.91. The van der Waals surface area contributed by atoms with Gasteiger partial charge in [-0.15, -0.1) is 0 Å². The summed E-state index contributed by atoms with van der Waals surface area (Å²) in [5.74, 6) is 0.634. The number of carbonyl (C=O) groups is 1. The number of amides is 1. The molecule has 2 rings (SSSR count). The molecular formula is C16H16BrNO2. The van der Waals surface area contributed by atoms with Gasteiger partial charge < -0.3 is 10.1 Å². The molecule has 0 saturated carbocycles. The average molecular weight is 334 g/mol. The third-order valence-electron chi connectivity index (χ3n) is 2.96. The number of rotatable bonds is 5. The molecule has 0 fully saturated rings. The van der Waals surface area contributed by atoms with Gasteiger partial charge in [-0.1, -0.05) is 30.3 Å². The van der Waals surface area contributed by atoms with E-state index in [0.29, 0.717) is 17.9 Å². The Morgan fingerprint density at radius 3 is 2.60 bits per heavy atom. The van der Waals surface area contributed by atoms with E-state index in [1.54, 1.807) is 25.3 Å². The van der Waals surface area contributed by atoms with Gasteiger partial charge >= 0.3 is 0 Å². The molecule has 1 amide bonds. The second-order valence-corrected chi connectivity index (χ2v) is 5.20. The van der Waals surface area contributed by atoms with Gasteiger partial charge in [0.05, 0.1) is 11.6 Å². The van der Waals surface area contributed by atoms with Gasteiger partial charge in [0.1, 0.15) is 5.75 Å². The van der Waals surface area contributed by atoms with E-state index in [1.807, 2.05) is 18.2 Å². The van der Waals surface area contributed by atoms with Crippen LogP contribution in [0.2, 0.25) is 0 Å². The molecule has 0 unspecified atom stereocenters. The largest absolute Gasteiger partial charge is 0.496 e. The summed E-state index contributed by atoms with van der Waals surface area (Å²) in [5, 5.41) is 2.91. The molecule has 0 aromatic heterocycles. The van der Waals surface area contributed by atoms with Crippen LogP contribution in [0.15, 0.2) is 53.0 Å². The van der Waals surface area contributed by atoms with Crippen LogP contribution >= 0.6 is 15.9 Å². The quantitative estimate of drug-likeness (QED) is 0.910. The van der Waals surface area contributed by atoms with Crippen molar-refractivity contribution in [1.29, 1.82) is 0 Å². The fraction of sp³-hybridized carbons (Fsp3) is 0.188. The van der Waals surface area contributed by atoms with Crippen molar-refractivity contribution in [2.75, 3.05) is 13.7 Å². The van der Waals surface area contributed by atoms with Crippen LogP contribution in [0.4, 0.5) is 0 Å². The summed E-state index contributed by atoms with van der Waals surface area (Å²) in [6.45, 7) is 0.618. The Bertz CT molecular complexity index is 584. The van der Waals surface area contributed by atoms with Gasteiger partial charge in [-0.3, -0.25) is 4.79 Å². The first-order chi connectivity index (χ1) is 9.70. The van der Waals surface area contributed by atoms with Crippen molar-refractivity contribution in [2.45, 2.75) is 6.42 Å². The number of carbonyl (C=O) groups excluding carboxylic acids is 1. The highest BCUT2D eigenvalue weighted by atomic mass is 79.9. The molecule has 0 heterocycles. The lowest BCUT2D eigenvalue weighted by Crippen LogP contribution is -2.25. The van der Waals surface area contributed by atoms with E-state index in [2.05, 4.69) is 33.4 Å². The van der Waals surface area contributed by atoms with E-state index < -0.39 is 0 Å². The summed E-state index contributed by atoms with van der Waals surface area (Å²) >= 11 is 3.38. The summed E-state index contributed by atoms with van der Waals surface area (Å²) in [6.07, 6.45) is 0.823. The fourth-order valence-electron chi connectivity index (χ4n) is 1.87. The van der Waals surface area contributed by atoms with Crippen molar-refractivity contribution < 1.29 is 9.53 Å². The maximum Gasteiger partial charge on any atom is 0.251 e. The van der Waals surface area contributed by atoms with Crippen LogP contribution < -0.4 is 10.1 Å². The van der Waals surface area contributed by atoms with Gasteiger partial charge in [0, 0.05) is 12.1 Å². The van der Waals surface area contributed by atoms with Crippen LogP contribution in [0.3, 0.4) is 0 Å². The predicted octanol–water partition coefficient (Wildman–Crippen LogP) is 3.43. The molecule has 2 aromatic carbocycles. The zero-order valence-corrected chi connectivity index (χ0v) is 12.8. The minimum atomic E-state index is -0.0794. The molecule has 0 aliphatic carbocycles. The second kappa shape index (κ2) is 7.10. The first kappa shape index (κ1) is 14.6. The van der Waals surface area contributed by atoms with Crippen molar-refractivity contribution in [1.82, 2.24) is 5.32 Å². The van der Waals surface area contributed by atoms with Gasteiger partial charge in [-0.2, -0.15) is 0 Å². The zero-order valence-electron chi connectivity index (χ0n) is 11.2. The highest BCUT2D eigenvalue weighted by molar-refractivity contribution is 9.10. The van der Waals surface area contributed by atoms with E-state index in [9.17, 15) is 4.79 Å². The normalized spacial score (nSPS) is 10.1.